The van der Waals surface area contributed by atoms with Crippen molar-refractivity contribution in [3.63, 3.8) is 0 Å². The minimum Gasteiger partial charge on any atom is -0.394 e. The fraction of sp³-hybridized carbons (Fsp3) is 0.706. The van der Waals surface area contributed by atoms with E-state index in [2.05, 4.69) is 20.3 Å². The zero-order chi connectivity index (χ0) is 19.5. The number of rotatable bonds is 4. The first kappa shape index (κ1) is 18.5. The lowest BCUT2D eigenvalue weighted by atomic mass is 10.1. The summed E-state index contributed by atoms with van der Waals surface area (Å²) in [6.07, 6.45) is 0.674. The van der Waals surface area contributed by atoms with E-state index in [1.807, 2.05) is 13.8 Å². The van der Waals surface area contributed by atoms with Crippen LogP contribution in [-0.4, -0.2) is 74.6 Å². The summed E-state index contributed by atoms with van der Waals surface area (Å²) >= 11 is 6.19. The lowest BCUT2D eigenvalue weighted by Crippen LogP contribution is -2.31. The lowest BCUT2D eigenvalue weighted by molar-refractivity contribution is -0.199. The summed E-state index contributed by atoms with van der Waals surface area (Å²) in [6, 6.07) is 0.151. The number of ether oxygens (including phenoxy) is 4. The Kier molecular flexibility index (Phi) is 4.45. The van der Waals surface area contributed by atoms with Crippen LogP contribution in [-0.2, 0) is 18.9 Å². The van der Waals surface area contributed by atoms with Gasteiger partial charge in [-0.15, -0.1) is 0 Å². The van der Waals surface area contributed by atoms with Gasteiger partial charge in [0.15, 0.2) is 29.0 Å². The Morgan fingerprint density at radius 3 is 2.89 bits per heavy atom. The Bertz CT molecular complexity index is 886. The van der Waals surface area contributed by atoms with Crippen LogP contribution in [0.25, 0.3) is 11.2 Å². The number of hydrogen-bond donors (Lipinski definition) is 2. The molecule has 11 heteroatoms. The number of nitrogens with zero attached hydrogens (tertiary/aromatic N) is 4. The van der Waals surface area contributed by atoms with Crippen LogP contribution in [0.3, 0.4) is 0 Å². The van der Waals surface area contributed by atoms with Crippen molar-refractivity contribution >= 4 is 28.6 Å². The third-order valence-electron chi connectivity index (χ3n) is 5.24. The van der Waals surface area contributed by atoms with E-state index >= 15 is 0 Å². The zero-order valence-corrected chi connectivity index (χ0v) is 16.3. The molecule has 3 saturated heterocycles. The van der Waals surface area contributed by atoms with Gasteiger partial charge in [-0.05, 0) is 31.9 Å². The summed E-state index contributed by atoms with van der Waals surface area (Å²) in [5.41, 5.74) is 1.11. The first-order valence-corrected chi connectivity index (χ1v) is 9.69. The van der Waals surface area contributed by atoms with Crippen LogP contribution in [0.15, 0.2) is 6.33 Å². The molecule has 152 valence electrons. The Hall–Kier alpha value is -1.56. The van der Waals surface area contributed by atoms with Gasteiger partial charge in [-0.25, -0.2) is 4.98 Å². The maximum atomic E-state index is 9.71. The number of aliphatic hydroxyl groups is 1. The van der Waals surface area contributed by atoms with Gasteiger partial charge in [-0.3, -0.25) is 4.57 Å². The molecule has 0 saturated carbocycles. The van der Waals surface area contributed by atoms with E-state index in [0.717, 1.165) is 6.42 Å². The molecule has 0 radical (unpaired) electrons. The zero-order valence-electron chi connectivity index (χ0n) is 15.5. The molecule has 0 amide bonds. The fourth-order valence-electron chi connectivity index (χ4n) is 4.05. The summed E-state index contributed by atoms with van der Waals surface area (Å²) in [4.78, 5) is 13.1. The molecule has 0 aliphatic carbocycles. The van der Waals surface area contributed by atoms with Gasteiger partial charge in [-0.1, -0.05) is 0 Å². The number of imidazole rings is 1. The number of halogens is 1. The average Bonchev–Trinajstić information content (AvgIpc) is 3.38. The SMILES string of the molecule is CC1(C)OC2C(CO)OC(n3cnc4c(NC5CCOC5)nc(Cl)nc43)C2O1. The topological polar surface area (TPSA) is 113 Å². The van der Waals surface area contributed by atoms with Gasteiger partial charge in [0.1, 0.15) is 18.3 Å². The Morgan fingerprint density at radius 1 is 1.32 bits per heavy atom. The fourth-order valence-corrected chi connectivity index (χ4v) is 4.21. The second kappa shape index (κ2) is 6.75. The molecule has 5 unspecified atom stereocenters. The average molecular weight is 412 g/mol. The van der Waals surface area contributed by atoms with Crippen LogP contribution in [0.1, 0.15) is 26.5 Å². The number of fused-ring (bicyclic) bond motifs is 2. The molecular formula is C17H22ClN5O5. The van der Waals surface area contributed by atoms with E-state index in [-0.39, 0.29) is 24.0 Å². The molecule has 2 aromatic heterocycles. The highest BCUT2D eigenvalue weighted by Crippen LogP contribution is 2.43. The van der Waals surface area contributed by atoms with Crippen LogP contribution in [0.2, 0.25) is 5.28 Å². The number of nitrogens with one attached hydrogen (secondary N) is 1. The molecule has 28 heavy (non-hydrogen) atoms. The number of anilines is 1. The molecule has 10 nitrogen and oxygen atoms in total. The molecule has 5 atom stereocenters. The molecule has 0 bridgehead atoms. The molecule has 0 aromatic carbocycles. The second-order valence-corrected chi connectivity index (χ2v) is 8.02. The largest absolute Gasteiger partial charge is 0.394 e. The third-order valence-corrected chi connectivity index (χ3v) is 5.41. The van der Waals surface area contributed by atoms with Crippen molar-refractivity contribution in [3.8, 4) is 0 Å². The highest BCUT2D eigenvalue weighted by Gasteiger charge is 2.56. The standard InChI is InChI=1S/C17H22ClN5O5/c1-17(2)27-11-9(5-24)26-15(12(11)28-17)23-7-19-10-13(20-8-3-4-25-6-8)21-16(18)22-14(10)23/h7-9,11-12,15,24H,3-6H2,1-2H3,(H,20,21,22). The van der Waals surface area contributed by atoms with Crippen molar-refractivity contribution < 1.29 is 24.1 Å². The molecule has 5 rings (SSSR count). The van der Waals surface area contributed by atoms with Crippen LogP contribution in [0, 0.1) is 0 Å². The third kappa shape index (κ3) is 3.04. The van der Waals surface area contributed by atoms with Gasteiger partial charge in [0.05, 0.1) is 25.6 Å². The van der Waals surface area contributed by atoms with Gasteiger partial charge in [0.2, 0.25) is 5.28 Å². The van der Waals surface area contributed by atoms with Crippen LogP contribution >= 0.6 is 11.6 Å². The molecule has 3 aliphatic rings. The van der Waals surface area contributed by atoms with E-state index < -0.39 is 24.2 Å². The smallest absolute Gasteiger partial charge is 0.226 e. The normalized spacial score (nSPS) is 34.2. The van der Waals surface area contributed by atoms with Gasteiger partial charge in [0.25, 0.3) is 0 Å². The van der Waals surface area contributed by atoms with E-state index in [0.29, 0.717) is 30.2 Å². The Balaban J connectivity index is 1.52. The quantitative estimate of drug-likeness (QED) is 0.713. The Labute approximate surface area is 166 Å². The predicted octanol–water partition coefficient (Wildman–Crippen LogP) is 1.09. The van der Waals surface area contributed by atoms with E-state index in [1.54, 1.807) is 10.9 Å². The highest BCUT2D eigenvalue weighted by atomic mass is 35.5. The summed E-state index contributed by atoms with van der Waals surface area (Å²) in [6.45, 7) is 4.83. The maximum absolute atomic E-state index is 9.71. The van der Waals surface area contributed by atoms with Gasteiger partial charge < -0.3 is 29.4 Å². The first-order valence-electron chi connectivity index (χ1n) is 9.31. The first-order chi connectivity index (χ1) is 13.4. The van der Waals surface area contributed by atoms with Crippen LogP contribution < -0.4 is 5.32 Å². The molecular weight excluding hydrogens is 390 g/mol. The number of aromatic nitrogens is 4. The van der Waals surface area contributed by atoms with Crippen molar-refractivity contribution in [2.24, 2.45) is 0 Å². The Morgan fingerprint density at radius 2 is 2.14 bits per heavy atom. The van der Waals surface area contributed by atoms with Crippen molar-refractivity contribution in [2.45, 2.75) is 56.6 Å². The van der Waals surface area contributed by atoms with Crippen molar-refractivity contribution in [1.29, 1.82) is 0 Å². The van der Waals surface area contributed by atoms with Crippen LogP contribution in [0.4, 0.5) is 5.82 Å². The van der Waals surface area contributed by atoms with Gasteiger partial charge in [-0.2, -0.15) is 9.97 Å². The minimum atomic E-state index is -0.761. The summed E-state index contributed by atoms with van der Waals surface area (Å²) in [5.74, 6) is -0.204. The lowest BCUT2D eigenvalue weighted by Gasteiger charge is -2.24. The molecule has 2 N–H and O–H groups in total. The molecule has 3 aliphatic heterocycles. The molecule has 2 aromatic rings. The second-order valence-electron chi connectivity index (χ2n) is 7.68. The number of hydrogen-bond acceptors (Lipinski definition) is 9. The monoisotopic (exact) mass is 411 g/mol. The van der Waals surface area contributed by atoms with Crippen molar-refractivity contribution in [3.05, 3.63) is 11.6 Å². The summed E-state index contributed by atoms with van der Waals surface area (Å²) in [7, 11) is 0. The van der Waals surface area contributed by atoms with Crippen molar-refractivity contribution in [2.75, 3.05) is 25.1 Å². The van der Waals surface area contributed by atoms with Gasteiger partial charge in [0, 0.05) is 6.61 Å². The van der Waals surface area contributed by atoms with E-state index in [4.69, 9.17) is 30.5 Å². The maximum Gasteiger partial charge on any atom is 0.226 e. The molecule has 0 spiro atoms. The highest BCUT2D eigenvalue weighted by molar-refractivity contribution is 6.28. The molecule has 5 heterocycles. The summed E-state index contributed by atoms with van der Waals surface area (Å²) in [5, 5.41) is 13.1. The molecule has 3 fully saturated rings. The van der Waals surface area contributed by atoms with Gasteiger partial charge >= 0.3 is 0 Å². The summed E-state index contributed by atoms with van der Waals surface area (Å²) < 4.78 is 25.2. The number of aliphatic hydroxyl groups excluding tert-OH is 1. The predicted molar refractivity (Wildman–Crippen MR) is 98.0 cm³/mol. The van der Waals surface area contributed by atoms with Crippen molar-refractivity contribution in [1.82, 2.24) is 19.5 Å². The van der Waals surface area contributed by atoms with E-state index in [9.17, 15) is 5.11 Å². The van der Waals surface area contributed by atoms with E-state index in [1.165, 1.54) is 0 Å². The van der Waals surface area contributed by atoms with Crippen LogP contribution in [0.5, 0.6) is 0 Å². The minimum absolute atomic E-state index is 0.104.